The van der Waals surface area contributed by atoms with Crippen LogP contribution in [0.5, 0.6) is 5.88 Å². The number of aromatic nitrogens is 4. The number of fused-ring (bicyclic) bond motifs is 1. The van der Waals surface area contributed by atoms with Crippen LogP contribution in [0.25, 0.3) is 16.8 Å². The Balaban J connectivity index is 1.84. The zero-order valence-electron chi connectivity index (χ0n) is 13.1. The molecule has 3 aromatic rings. The van der Waals surface area contributed by atoms with Crippen LogP contribution < -0.4 is 4.74 Å². The Bertz CT molecular complexity index is 897. The second-order valence-electron chi connectivity index (χ2n) is 5.67. The van der Waals surface area contributed by atoms with E-state index in [0.29, 0.717) is 22.5 Å². The van der Waals surface area contributed by atoms with Gasteiger partial charge in [0.05, 0.1) is 5.56 Å². The predicted molar refractivity (Wildman–Crippen MR) is 84.0 cm³/mol. The minimum Gasteiger partial charge on any atom is -0.417 e. The Labute approximate surface area is 141 Å². The zero-order chi connectivity index (χ0) is 17.4. The number of rotatable bonds is 5. The van der Waals surface area contributed by atoms with E-state index in [0.717, 1.165) is 19.5 Å². The van der Waals surface area contributed by atoms with Gasteiger partial charge in [0.2, 0.25) is 5.88 Å². The highest BCUT2D eigenvalue weighted by atomic mass is 19.3. The molecule has 1 N–H and O–H groups in total. The van der Waals surface area contributed by atoms with E-state index in [4.69, 9.17) is 0 Å². The van der Waals surface area contributed by atoms with Crippen LogP contribution in [0.4, 0.5) is 8.78 Å². The molecule has 4 heterocycles. The van der Waals surface area contributed by atoms with Crippen LogP contribution in [-0.4, -0.2) is 49.3 Å². The van der Waals surface area contributed by atoms with Gasteiger partial charge in [0.15, 0.2) is 11.9 Å². The molecule has 0 bridgehead atoms. The largest absolute Gasteiger partial charge is 0.417 e. The van der Waals surface area contributed by atoms with Crippen LogP contribution >= 0.6 is 0 Å². The Morgan fingerprint density at radius 1 is 1.20 bits per heavy atom. The van der Waals surface area contributed by atoms with E-state index in [-0.39, 0.29) is 5.88 Å². The van der Waals surface area contributed by atoms with Crippen molar-refractivity contribution in [1.29, 1.82) is 0 Å². The third kappa shape index (κ3) is 2.92. The topological polar surface area (TPSA) is 75.8 Å². The lowest BCUT2D eigenvalue weighted by atomic mass is 10.0. The van der Waals surface area contributed by atoms with Gasteiger partial charge in [-0.2, -0.15) is 13.9 Å². The van der Waals surface area contributed by atoms with Gasteiger partial charge < -0.3 is 9.84 Å². The Kier molecular flexibility index (Phi) is 4.02. The summed E-state index contributed by atoms with van der Waals surface area (Å²) in [6, 6.07) is 4.77. The van der Waals surface area contributed by atoms with Crippen LogP contribution in [0, 0.1) is 0 Å². The molecule has 4 rings (SSSR count). The number of alkyl halides is 2. The summed E-state index contributed by atoms with van der Waals surface area (Å²) in [6.07, 6.45) is 4.82. The molecule has 1 aliphatic rings. The summed E-state index contributed by atoms with van der Waals surface area (Å²) in [7, 11) is 0. The number of aliphatic hydroxyl groups is 1. The minimum atomic E-state index is -2.96. The molecule has 1 unspecified atom stereocenters. The molecule has 1 atom stereocenters. The fraction of sp³-hybridized carbons (Fsp3) is 0.312. The molecule has 130 valence electrons. The molecule has 0 spiro atoms. The first-order valence-electron chi connectivity index (χ1n) is 7.80. The van der Waals surface area contributed by atoms with Crippen LogP contribution in [0.3, 0.4) is 0 Å². The standard InChI is InChI=1S/C16H15F2N5O2/c17-16(18)25-11-9-10(3-5-19-11)12-13(15(24)22-6-2-7-22)21-23-8-1-4-20-14(12)23/h1,3-5,8-9,15-16,24H,2,6-7H2. The van der Waals surface area contributed by atoms with Crippen LogP contribution in [0.1, 0.15) is 18.3 Å². The number of hydrogen-bond acceptors (Lipinski definition) is 6. The van der Waals surface area contributed by atoms with E-state index in [1.807, 2.05) is 4.90 Å². The van der Waals surface area contributed by atoms with Crippen molar-refractivity contribution in [3.8, 4) is 17.0 Å². The first-order chi connectivity index (χ1) is 12.1. The lowest BCUT2D eigenvalue weighted by Crippen LogP contribution is -2.40. The van der Waals surface area contributed by atoms with Crippen molar-refractivity contribution in [1.82, 2.24) is 24.5 Å². The van der Waals surface area contributed by atoms with E-state index < -0.39 is 12.8 Å². The van der Waals surface area contributed by atoms with Crippen molar-refractivity contribution in [3.63, 3.8) is 0 Å². The summed E-state index contributed by atoms with van der Waals surface area (Å²) in [4.78, 5) is 9.98. The summed E-state index contributed by atoms with van der Waals surface area (Å²) in [5.41, 5.74) is 2.06. The maximum absolute atomic E-state index is 12.5. The first-order valence-corrected chi connectivity index (χ1v) is 7.80. The number of ether oxygens (including phenoxy) is 1. The highest BCUT2D eigenvalue weighted by molar-refractivity contribution is 5.80. The highest BCUT2D eigenvalue weighted by Crippen LogP contribution is 2.35. The van der Waals surface area contributed by atoms with Gasteiger partial charge in [-0.05, 0) is 24.1 Å². The molecule has 25 heavy (non-hydrogen) atoms. The van der Waals surface area contributed by atoms with Gasteiger partial charge in [0.1, 0.15) is 5.69 Å². The lowest BCUT2D eigenvalue weighted by Gasteiger charge is -2.34. The van der Waals surface area contributed by atoms with Crippen molar-refractivity contribution < 1.29 is 18.6 Å². The smallest absolute Gasteiger partial charge is 0.388 e. The third-order valence-electron chi connectivity index (χ3n) is 4.14. The van der Waals surface area contributed by atoms with E-state index >= 15 is 0 Å². The average molecular weight is 347 g/mol. The van der Waals surface area contributed by atoms with Gasteiger partial charge in [-0.15, -0.1) is 0 Å². The lowest BCUT2D eigenvalue weighted by molar-refractivity contribution is -0.0528. The molecule has 9 heteroatoms. The number of likely N-dealkylation sites (tertiary alicyclic amines) is 1. The molecule has 7 nitrogen and oxygen atoms in total. The Morgan fingerprint density at radius 3 is 2.76 bits per heavy atom. The molecule has 0 aliphatic carbocycles. The van der Waals surface area contributed by atoms with Crippen molar-refractivity contribution in [2.45, 2.75) is 19.3 Å². The summed E-state index contributed by atoms with van der Waals surface area (Å²) in [5, 5.41) is 15.1. The molecule has 0 amide bonds. The maximum atomic E-state index is 12.5. The zero-order valence-corrected chi connectivity index (χ0v) is 13.1. The molecule has 1 fully saturated rings. The quantitative estimate of drug-likeness (QED) is 0.762. The van der Waals surface area contributed by atoms with Gasteiger partial charge >= 0.3 is 6.61 Å². The van der Waals surface area contributed by atoms with Gasteiger partial charge in [-0.25, -0.2) is 14.5 Å². The van der Waals surface area contributed by atoms with Crippen molar-refractivity contribution in [2.75, 3.05) is 13.1 Å². The number of halogens is 2. The van der Waals surface area contributed by atoms with Crippen LogP contribution in [-0.2, 0) is 0 Å². The highest BCUT2D eigenvalue weighted by Gasteiger charge is 2.29. The SMILES string of the molecule is OC(c1nn2cccnc2c1-c1ccnc(OC(F)F)c1)N1CCC1. The van der Waals surface area contributed by atoms with Crippen LogP contribution in [0.15, 0.2) is 36.8 Å². The van der Waals surface area contributed by atoms with Gasteiger partial charge in [0, 0.05) is 37.7 Å². The van der Waals surface area contributed by atoms with E-state index in [1.165, 1.54) is 12.3 Å². The molecule has 0 aromatic carbocycles. The molecule has 0 radical (unpaired) electrons. The second-order valence-corrected chi connectivity index (χ2v) is 5.67. The molecular weight excluding hydrogens is 332 g/mol. The fourth-order valence-corrected chi connectivity index (χ4v) is 2.84. The van der Waals surface area contributed by atoms with Crippen molar-refractivity contribution in [2.24, 2.45) is 0 Å². The van der Waals surface area contributed by atoms with Gasteiger partial charge in [-0.1, -0.05) is 0 Å². The summed E-state index contributed by atoms with van der Waals surface area (Å²) >= 11 is 0. The summed E-state index contributed by atoms with van der Waals surface area (Å²) < 4.78 is 30.9. The summed E-state index contributed by atoms with van der Waals surface area (Å²) in [5.74, 6) is -0.202. The van der Waals surface area contributed by atoms with Crippen molar-refractivity contribution >= 4 is 5.65 Å². The molecule has 0 saturated carbocycles. The number of hydrogen-bond donors (Lipinski definition) is 1. The monoisotopic (exact) mass is 347 g/mol. The van der Waals surface area contributed by atoms with Gasteiger partial charge in [-0.3, -0.25) is 4.90 Å². The first kappa shape index (κ1) is 15.9. The number of nitrogens with zero attached hydrogens (tertiary/aromatic N) is 5. The molecule has 1 aliphatic heterocycles. The Morgan fingerprint density at radius 2 is 2.04 bits per heavy atom. The van der Waals surface area contributed by atoms with E-state index in [1.54, 1.807) is 29.0 Å². The van der Waals surface area contributed by atoms with Crippen molar-refractivity contribution in [3.05, 3.63) is 42.5 Å². The fourth-order valence-electron chi connectivity index (χ4n) is 2.84. The van der Waals surface area contributed by atoms with E-state index in [9.17, 15) is 13.9 Å². The predicted octanol–water partition coefficient (Wildman–Crippen LogP) is 2.09. The van der Waals surface area contributed by atoms with E-state index in [2.05, 4.69) is 19.8 Å². The average Bonchev–Trinajstić information content (AvgIpc) is 2.92. The second kappa shape index (κ2) is 6.34. The maximum Gasteiger partial charge on any atom is 0.388 e. The van der Waals surface area contributed by atoms with Gasteiger partial charge in [0.25, 0.3) is 0 Å². The molecule has 3 aromatic heterocycles. The normalized spacial score (nSPS) is 16.2. The number of pyridine rings is 1. The minimum absolute atomic E-state index is 0.202. The van der Waals surface area contributed by atoms with Crippen LogP contribution in [0.2, 0.25) is 0 Å². The molecular formula is C16H15F2N5O2. The number of aliphatic hydroxyl groups excluding tert-OH is 1. The Hall–Kier alpha value is -2.65. The molecule has 1 saturated heterocycles. The third-order valence-corrected chi connectivity index (χ3v) is 4.14. The summed E-state index contributed by atoms with van der Waals surface area (Å²) in [6.45, 7) is -1.41.